The standard InChI is InChI=1S/C12H13FN2O/c1-7-3-4-8-5-9(6-14)12(16-2)15-11(8)10(7)13/h3-5H,6,14H2,1-2H3. The average Bonchev–Trinajstić information content (AvgIpc) is 2.32. The smallest absolute Gasteiger partial charge is 0.218 e. The highest BCUT2D eigenvalue weighted by Gasteiger charge is 2.10. The van der Waals surface area contributed by atoms with E-state index >= 15 is 0 Å². The topological polar surface area (TPSA) is 48.1 Å². The largest absolute Gasteiger partial charge is 0.481 e. The molecule has 0 radical (unpaired) electrons. The Labute approximate surface area is 93.0 Å². The van der Waals surface area contributed by atoms with Crippen molar-refractivity contribution in [2.45, 2.75) is 13.5 Å². The average molecular weight is 220 g/mol. The highest BCUT2D eigenvalue weighted by molar-refractivity contribution is 5.81. The number of nitrogens with two attached hydrogens (primary N) is 1. The van der Waals surface area contributed by atoms with Crippen LogP contribution in [0.1, 0.15) is 11.1 Å². The lowest BCUT2D eigenvalue weighted by molar-refractivity contribution is 0.394. The van der Waals surface area contributed by atoms with Gasteiger partial charge in [-0.1, -0.05) is 12.1 Å². The Balaban J connectivity index is 2.78. The number of pyridine rings is 1. The summed E-state index contributed by atoms with van der Waals surface area (Å²) in [5, 5.41) is 0.740. The molecule has 2 N–H and O–H groups in total. The monoisotopic (exact) mass is 220 g/mol. The fourth-order valence-electron chi connectivity index (χ4n) is 1.66. The van der Waals surface area contributed by atoms with Crippen molar-refractivity contribution in [3.8, 4) is 5.88 Å². The molecule has 0 bridgehead atoms. The maximum atomic E-state index is 13.8. The molecular formula is C12H13FN2O. The third-order valence-corrected chi connectivity index (χ3v) is 2.57. The molecule has 0 atom stereocenters. The van der Waals surface area contributed by atoms with Crippen LogP contribution < -0.4 is 10.5 Å². The summed E-state index contributed by atoms with van der Waals surface area (Å²) in [4.78, 5) is 4.15. The van der Waals surface area contributed by atoms with Crippen LogP contribution in [0.2, 0.25) is 0 Å². The maximum Gasteiger partial charge on any atom is 0.218 e. The predicted molar refractivity (Wildman–Crippen MR) is 60.9 cm³/mol. The van der Waals surface area contributed by atoms with Gasteiger partial charge in [-0.25, -0.2) is 9.37 Å². The van der Waals surface area contributed by atoms with Crippen LogP contribution in [0, 0.1) is 12.7 Å². The van der Waals surface area contributed by atoms with Crippen LogP contribution in [0.3, 0.4) is 0 Å². The minimum Gasteiger partial charge on any atom is -0.481 e. The Morgan fingerprint density at radius 2 is 2.19 bits per heavy atom. The summed E-state index contributed by atoms with van der Waals surface area (Å²) < 4.78 is 18.9. The van der Waals surface area contributed by atoms with Gasteiger partial charge in [0.1, 0.15) is 5.52 Å². The fraction of sp³-hybridized carbons (Fsp3) is 0.250. The number of halogens is 1. The highest BCUT2D eigenvalue weighted by atomic mass is 19.1. The number of hydrogen-bond acceptors (Lipinski definition) is 3. The molecule has 1 heterocycles. The van der Waals surface area contributed by atoms with Crippen LogP contribution in [0.5, 0.6) is 5.88 Å². The van der Waals surface area contributed by atoms with Crippen LogP contribution in [0.4, 0.5) is 4.39 Å². The molecule has 0 unspecified atom stereocenters. The van der Waals surface area contributed by atoms with E-state index in [-0.39, 0.29) is 5.82 Å². The Bertz CT molecular complexity index is 540. The van der Waals surface area contributed by atoms with Crippen molar-refractivity contribution in [2.24, 2.45) is 5.73 Å². The summed E-state index contributed by atoms with van der Waals surface area (Å²) in [5.41, 5.74) is 7.25. The van der Waals surface area contributed by atoms with Gasteiger partial charge in [-0.2, -0.15) is 0 Å². The van der Waals surface area contributed by atoms with Gasteiger partial charge in [0.25, 0.3) is 0 Å². The number of hydrogen-bond donors (Lipinski definition) is 1. The van der Waals surface area contributed by atoms with Crippen LogP contribution in [0.15, 0.2) is 18.2 Å². The third-order valence-electron chi connectivity index (χ3n) is 2.57. The van der Waals surface area contributed by atoms with Gasteiger partial charge in [-0.05, 0) is 18.6 Å². The minimum absolute atomic E-state index is 0.306. The zero-order valence-electron chi connectivity index (χ0n) is 9.25. The molecule has 0 fully saturated rings. The molecule has 1 aromatic carbocycles. The van der Waals surface area contributed by atoms with Gasteiger partial charge in [-0.3, -0.25) is 0 Å². The third kappa shape index (κ3) is 1.61. The minimum atomic E-state index is -0.306. The summed E-state index contributed by atoms with van der Waals surface area (Å²) in [6.07, 6.45) is 0. The first-order chi connectivity index (χ1) is 7.67. The molecule has 84 valence electrons. The van der Waals surface area contributed by atoms with Crippen molar-refractivity contribution in [1.82, 2.24) is 4.98 Å². The Hall–Kier alpha value is -1.68. The van der Waals surface area contributed by atoms with Gasteiger partial charge < -0.3 is 10.5 Å². The van der Waals surface area contributed by atoms with E-state index in [0.717, 1.165) is 10.9 Å². The first kappa shape index (κ1) is 10.8. The summed E-state index contributed by atoms with van der Waals surface area (Å²) in [7, 11) is 1.50. The fourth-order valence-corrected chi connectivity index (χ4v) is 1.66. The lowest BCUT2D eigenvalue weighted by Crippen LogP contribution is -2.02. The van der Waals surface area contributed by atoms with Crippen molar-refractivity contribution in [3.05, 3.63) is 35.1 Å². The first-order valence-corrected chi connectivity index (χ1v) is 5.00. The van der Waals surface area contributed by atoms with Crippen molar-refractivity contribution in [2.75, 3.05) is 7.11 Å². The van der Waals surface area contributed by atoms with E-state index in [0.29, 0.717) is 23.5 Å². The predicted octanol–water partition coefficient (Wildman–Crippen LogP) is 2.15. The number of aromatic nitrogens is 1. The second-order valence-electron chi connectivity index (χ2n) is 3.63. The lowest BCUT2D eigenvalue weighted by Gasteiger charge is -2.08. The van der Waals surface area contributed by atoms with E-state index < -0.39 is 0 Å². The van der Waals surface area contributed by atoms with Crippen LogP contribution in [-0.4, -0.2) is 12.1 Å². The zero-order valence-corrected chi connectivity index (χ0v) is 9.25. The number of fused-ring (bicyclic) bond motifs is 1. The molecule has 4 heteroatoms. The highest BCUT2D eigenvalue weighted by Crippen LogP contribution is 2.25. The van der Waals surface area contributed by atoms with Gasteiger partial charge in [0.15, 0.2) is 5.82 Å². The molecule has 0 aliphatic carbocycles. The molecule has 0 amide bonds. The second-order valence-corrected chi connectivity index (χ2v) is 3.63. The van der Waals surface area contributed by atoms with Gasteiger partial charge in [0.05, 0.1) is 7.11 Å². The van der Waals surface area contributed by atoms with Gasteiger partial charge >= 0.3 is 0 Å². The molecule has 0 saturated heterocycles. The SMILES string of the molecule is COc1nc2c(F)c(C)ccc2cc1CN. The number of nitrogens with zero attached hydrogens (tertiary/aromatic N) is 1. The zero-order chi connectivity index (χ0) is 11.7. The van der Waals surface area contributed by atoms with E-state index in [1.54, 1.807) is 13.0 Å². The quantitative estimate of drug-likeness (QED) is 0.843. The molecule has 0 spiro atoms. The number of benzene rings is 1. The van der Waals surface area contributed by atoms with Crippen LogP contribution >= 0.6 is 0 Å². The van der Waals surface area contributed by atoms with Gasteiger partial charge in [-0.15, -0.1) is 0 Å². The molecule has 1 aromatic heterocycles. The van der Waals surface area contributed by atoms with Crippen molar-refractivity contribution in [1.29, 1.82) is 0 Å². The van der Waals surface area contributed by atoms with Crippen LogP contribution in [0.25, 0.3) is 10.9 Å². The molecular weight excluding hydrogens is 207 g/mol. The number of ether oxygens (including phenoxy) is 1. The van der Waals surface area contributed by atoms with E-state index in [1.165, 1.54) is 7.11 Å². The Kier molecular flexibility index (Phi) is 2.75. The first-order valence-electron chi connectivity index (χ1n) is 5.00. The van der Waals surface area contributed by atoms with Crippen LogP contribution in [-0.2, 0) is 6.54 Å². The number of aryl methyl sites for hydroxylation is 1. The molecule has 16 heavy (non-hydrogen) atoms. The number of methoxy groups -OCH3 is 1. The van der Waals surface area contributed by atoms with Crippen molar-refractivity contribution >= 4 is 10.9 Å². The second kappa shape index (κ2) is 4.06. The number of rotatable bonds is 2. The normalized spacial score (nSPS) is 10.8. The molecule has 0 aliphatic heterocycles. The maximum absolute atomic E-state index is 13.8. The van der Waals surface area contributed by atoms with E-state index in [9.17, 15) is 4.39 Å². The molecule has 0 aliphatic rings. The Morgan fingerprint density at radius 3 is 2.81 bits per heavy atom. The van der Waals surface area contributed by atoms with Gasteiger partial charge in [0.2, 0.25) is 5.88 Å². The van der Waals surface area contributed by atoms with E-state index in [2.05, 4.69) is 4.98 Å². The summed E-state index contributed by atoms with van der Waals surface area (Å²) in [6, 6.07) is 5.37. The summed E-state index contributed by atoms with van der Waals surface area (Å²) in [6.45, 7) is 2.03. The van der Waals surface area contributed by atoms with Gasteiger partial charge in [0, 0.05) is 17.5 Å². The van der Waals surface area contributed by atoms with E-state index in [1.807, 2.05) is 12.1 Å². The summed E-state index contributed by atoms with van der Waals surface area (Å²) in [5.74, 6) is 0.0823. The van der Waals surface area contributed by atoms with E-state index in [4.69, 9.17) is 10.5 Å². The van der Waals surface area contributed by atoms with Crippen molar-refractivity contribution in [3.63, 3.8) is 0 Å². The van der Waals surface area contributed by atoms with Crippen molar-refractivity contribution < 1.29 is 9.13 Å². The molecule has 2 aromatic rings. The molecule has 3 nitrogen and oxygen atoms in total. The Morgan fingerprint density at radius 1 is 1.44 bits per heavy atom. The lowest BCUT2D eigenvalue weighted by atomic mass is 10.1. The molecule has 2 rings (SSSR count). The molecule has 0 saturated carbocycles. The summed E-state index contributed by atoms with van der Waals surface area (Å²) >= 11 is 0.